The maximum absolute atomic E-state index is 6.33. The van der Waals surface area contributed by atoms with E-state index in [9.17, 15) is 0 Å². The largest absolute Gasteiger partial charge is 0.326 e. The molecule has 2 heteroatoms. The third-order valence-electron chi connectivity index (χ3n) is 4.02. The normalized spacial score (nSPS) is 25.0. The van der Waals surface area contributed by atoms with E-state index in [-0.39, 0.29) is 0 Å². The molecule has 1 atom stereocenters. The topological polar surface area (TPSA) is 29.3 Å². The van der Waals surface area contributed by atoms with Gasteiger partial charge in [0.05, 0.1) is 0 Å². The van der Waals surface area contributed by atoms with E-state index >= 15 is 0 Å². The summed E-state index contributed by atoms with van der Waals surface area (Å²) in [4.78, 5) is 2.64. The molecule has 0 aromatic rings. The van der Waals surface area contributed by atoms with Crippen LogP contribution in [0.25, 0.3) is 0 Å². The van der Waals surface area contributed by atoms with E-state index in [1.54, 1.807) is 0 Å². The van der Waals surface area contributed by atoms with Crippen molar-refractivity contribution in [2.24, 2.45) is 11.7 Å². The Bertz CT molecular complexity index is 183. The zero-order valence-electron chi connectivity index (χ0n) is 10.1. The number of hydrogen-bond acceptors (Lipinski definition) is 2. The molecule has 2 saturated carbocycles. The van der Waals surface area contributed by atoms with E-state index in [2.05, 4.69) is 11.8 Å². The highest BCUT2D eigenvalue weighted by Crippen LogP contribution is 2.30. The summed E-state index contributed by atoms with van der Waals surface area (Å²) in [5, 5.41) is 0. The molecule has 0 aromatic carbocycles. The minimum absolute atomic E-state index is 0.444. The molecule has 2 aliphatic carbocycles. The van der Waals surface area contributed by atoms with Crippen LogP contribution in [0.3, 0.4) is 0 Å². The van der Waals surface area contributed by atoms with Crippen molar-refractivity contribution < 1.29 is 0 Å². The van der Waals surface area contributed by atoms with Gasteiger partial charge in [0.25, 0.3) is 0 Å². The highest BCUT2D eigenvalue weighted by atomic mass is 15.2. The van der Waals surface area contributed by atoms with Gasteiger partial charge in [-0.05, 0) is 44.6 Å². The van der Waals surface area contributed by atoms with Crippen LogP contribution in [0, 0.1) is 5.92 Å². The fourth-order valence-electron chi connectivity index (χ4n) is 2.96. The Morgan fingerprint density at radius 1 is 1.20 bits per heavy atom. The van der Waals surface area contributed by atoms with Gasteiger partial charge < -0.3 is 5.73 Å². The number of rotatable bonds is 6. The van der Waals surface area contributed by atoms with Crippen LogP contribution in [-0.4, -0.2) is 30.1 Å². The highest BCUT2D eigenvalue weighted by Gasteiger charge is 2.31. The van der Waals surface area contributed by atoms with Gasteiger partial charge in [0.15, 0.2) is 0 Å². The Hall–Kier alpha value is -0.0800. The first-order valence-electron chi connectivity index (χ1n) is 6.81. The van der Waals surface area contributed by atoms with Gasteiger partial charge in [0.1, 0.15) is 0 Å². The van der Waals surface area contributed by atoms with Gasteiger partial charge in [0, 0.05) is 18.6 Å². The molecular formula is C13H26N2. The number of hydrogen-bond donors (Lipinski definition) is 1. The highest BCUT2D eigenvalue weighted by molar-refractivity contribution is 4.88. The van der Waals surface area contributed by atoms with E-state index < -0.39 is 0 Å². The second-order valence-electron chi connectivity index (χ2n) is 5.43. The van der Waals surface area contributed by atoms with Gasteiger partial charge in [-0.3, -0.25) is 4.90 Å². The molecule has 0 aromatic heterocycles. The summed E-state index contributed by atoms with van der Waals surface area (Å²) in [5.74, 6) is 0.822. The molecule has 0 aliphatic heterocycles. The molecule has 88 valence electrons. The van der Waals surface area contributed by atoms with Crippen molar-refractivity contribution in [3.63, 3.8) is 0 Å². The third-order valence-corrected chi connectivity index (χ3v) is 4.02. The predicted molar refractivity (Wildman–Crippen MR) is 64.8 cm³/mol. The lowest BCUT2D eigenvalue weighted by molar-refractivity contribution is 0.221. The SMILES string of the molecule is CCCN(CC(N)C1CCCC1)C1CC1. The van der Waals surface area contributed by atoms with Crippen molar-refractivity contribution in [3.05, 3.63) is 0 Å². The van der Waals surface area contributed by atoms with Gasteiger partial charge in [-0.2, -0.15) is 0 Å². The van der Waals surface area contributed by atoms with E-state index in [0.29, 0.717) is 6.04 Å². The zero-order chi connectivity index (χ0) is 10.7. The molecule has 2 aliphatic rings. The Kier molecular flexibility index (Phi) is 4.04. The standard InChI is InChI=1S/C13H26N2/c1-2-9-15(12-7-8-12)10-13(14)11-5-3-4-6-11/h11-13H,2-10,14H2,1H3. The molecule has 0 saturated heterocycles. The summed E-state index contributed by atoms with van der Waals surface area (Å²) in [6.07, 6.45) is 9.69. The summed E-state index contributed by atoms with van der Waals surface area (Å²) in [6, 6.07) is 1.33. The summed E-state index contributed by atoms with van der Waals surface area (Å²) in [6.45, 7) is 4.69. The number of nitrogens with two attached hydrogens (primary N) is 1. The van der Waals surface area contributed by atoms with Crippen LogP contribution in [0.2, 0.25) is 0 Å². The van der Waals surface area contributed by atoms with Crippen LogP contribution in [0.15, 0.2) is 0 Å². The van der Waals surface area contributed by atoms with Gasteiger partial charge in [-0.15, -0.1) is 0 Å². The fourth-order valence-corrected chi connectivity index (χ4v) is 2.96. The van der Waals surface area contributed by atoms with E-state index in [0.717, 1.165) is 18.5 Å². The van der Waals surface area contributed by atoms with E-state index in [1.165, 1.54) is 51.5 Å². The molecule has 1 unspecified atom stereocenters. The molecule has 2 rings (SSSR count). The van der Waals surface area contributed by atoms with Crippen molar-refractivity contribution in [3.8, 4) is 0 Å². The Labute approximate surface area is 94.2 Å². The van der Waals surface area contributed by atoms with E-state index in [1.807, 2.05) is 0 Å². The summed E-state index contributed by atoms with van der Waals surface area (Å²) < 4.78 is 0. The first-order valence-corrected chi connectivity index (χ1v) is 6.81. The first-order chi connectivity index (χ1) is 7.31. The summed E-state index contributed by atoms with van der Waals surface area (Å²) >= 11 is 0. The molecule has 0 spiro atoms. The molecule has 15 heavy (non-hydrogen) atoms. The average molecular weight is 210 g/mol. The Morgan fingerprint density at radius 2 is 1.87 bits per heavy atom. The fraction of sp³-hybridized carbons (Fsp3) is 1.00. The van der Waals surface area contributed by atoms with Crippen LogP contribution in [-0.2, 0) is 0 Å². The van der Waals surface area contributed by atoms with E-state index in [4.69, 9.17) is 5.73 Å². The first kappa shape index (κ1) is 11.4. The molecule has 0 heterocycles. The van der Waals surface area contributed by atoms with Crippen molar-refractivity contribution >= 4 is 0 Å². The Morgan fingerprint density at radius 3 is 2.40 bits per heavy atom. The molecule has 0 amide bonds. The van der Waals surface area contributed by atoms with Crippen molar-refractivity contribution in [1.82, 2.24) is 4.90 Å². The second kappa shape index (κ2) is 5.31. The van der Waals surface area contributed by atoms with Crippen LogP contribution in [0.1, 0.15) is 51.9 Å². The molecular weight excluding hydrogens is 184 g/mol. The maximum atomic E-state index is 6.33. The van der Waals surface area contributed by atoms with Crippen LogP contribution in [0.5, 0.6) is 0 Å². The summed E-state index contributed by atoms with van der Waals surface area (Å²) in [7, 11) is 0. The zero-order valence-corrected chi connectivity index (χ0v) is 10.1. The summed E-state index contributed by atoms with van der Waals surface area (Å²) in [5.41, 5.74) is 6.33. The lowest BCUT2D eigenvalue weighted by Gasteiger charge is -2.28. The monoisotopic (exact) mass is 210 g/mol. The van der Waals surface area contributed by atoms with Gasteiger partial charge in [-0.25, -0.2) is 0 Å². The second-order valence-corrected chi connectivity index (χ2v) is 5.43. The van der Waals surface area contributed by atoms with Crippen LogP contribution >= 0.6 is 0 Å². The molecule has 2 N–H and O–H groups in total. The average Bonchev–Trinajstić information content (AvgIpc) is 2.92. The van der Waals surface area contributed by atoms with Crippen molar-refractivity contribution in [1.29, 1.82) is 0 Å². The molecule has 2 nitrogen and oxygen atoms in total. The molecule has 0 bridgehead atoms. The van der Waals surface area contributed by atoms with Gasteiger partial charge >= 0.3 is 0 Å². The third kappa shape index (κ3) is 3.18. The number of nitrogens with zero attached hydrogens (tertiary/aromatic N) is 1. The molecule has 2 fully saturated rings. The van der Waals surface area contributed by atoms with Crippen LogP contribution in [0.4, 0.5) is 0 Å². The quantitative estimate of drug-likeness (QED) is 0.729. The van der Waals surface area contributed by atoms with Gasteiger partial charge in [0.2, 0.25) is 0 Å². The smallest absolute Gasteiger partial charge is 0.0196 e. The minimum atomic E-state index is 0.444. The lowest BCUT2D eigenvalue weighted by Crippen LogP contribution is -2.42. The predicted octanol–water partition coefficient (Wildman–Crippen LogP) is 2.38. The lowest BCUT2D eigenvalue weighted by atomic mass is 9.98. The Balaban J connectivity index is 1.76. The maximum Gasteiger partial charge on any atom is 0.0196 e. The van der Waals surface area contributed by atoms with Crippen molar-refractivity contribution in [2.45, 2.75) is 64.0 Å². The van der Waals surface area contributed by atoms with Gasteiger partial charge in [-0.1, -0.05) is 19.8 Å². The van der Waals surface area contributed by atoms with Crippen LogP contribution < -0.4 is 5.73 Å². The van der Waals surface area contributed by atoms with Crippen molar-refractivity contribution in [2.75, 3.05) is 13.1 Å². The molecule has 0 radical (unpaired) electrons. The minimum Gasteiger partial charge on any atom is -0.326 e.